The number of amides is 1. The highest BCUT2D eigenvalue weighted by Crippen LogP contribution is 2.46. The first-order chi connectivity index (χ1) is 8.50. The minimum Gasteiger partial charge on any atom is -0.409 e. The van der Waals surface area contributed by atoms with Crippen LogP contribution in [0.4, 0.5) is 0 Å². The van der Waals surface area contributed by atoms with Crippen molar-refractivity contribution < 1.29 is 10.0 Å². The van der Waals surface area contributed by atoms with Crippen LogP contribution in [0, 0.1) is 11.3 Å². The molecule has 1 atom stereocenters. The third-order valence-corrected chi connectivity index (χ3v) is 3.89. The van der Waals surface area contributed by atoms with Gasteiger partial charge in [-0.1, -0.05) is 32.3 Å². The first kappa shape index (κ1) is 14.8. The van der Waals surface area contributed by atoms with E-state index in [0.29, 0.717) is 18.8 Å². The number of hydrogen-bond donors (Lipinski definition) is 3. The smallest absolute Gasteiger partial charge is 0.234 e. The van der Waals surface area contributed by atoms with Crippen molar-refractivity contribution >= 4 is 11.7 Å². The zero-order valence-electron chi connectivity index (χ0n) is 11.6. The summed E-state index contributed by atoms with van der Waals surface area (Å²) < 4.78 is 0. The van der Waals surface area contributed by atoms with E-state index >= 15 is 0 Å². The average Bonchev–Trinajstić information content (AvgIpc) is 2.32. The second-order valence-electron chi connectivity index (χ2n) is 5.45. The molecule has 1 unspecified atom stereocenters. The van der Waals surface area contributed by atoms with E-state index in [4.69, 9.17) is 10.9 Å². The monoisotopic (exact) mass is 255 g/mol. The molecule has 0 aromatic heterocycles. The lowest BCUT2D eigenvalue weighted by Gasteiger charge is -2.44. The Morgan fingerprint density at radius 3 is 2.56 bits per heavy atom. The number of hydrogen-bond acceptors (Lipinski definition) is 3. The number of carbonyl (C=O) groups excluding carboxylic acids is 1. The van der Waals surface area contributed by atoms with Gasteiger partial charge in [-0.05, 0) is 31.6 Å². The van der Waals surface area contributed by atoms with Gasteiger partial charge in [-0.15, -0.1) is 0 Å². The quantitative estimate of drug-likeness (QED) is 0.293. The Hall–Kier alpha value is -1.26. The first-order valence-corrected chi connectivity index (χ1v) is 6.79. The summed E-state index contributed by atoms with van der Waals surface area (Å²) in [5.74, 6) is 0.406. The molecule has 1 rings (SSSR count). The summed E-state index contributed by atoms with van der Waals surface area (Å²) in [6.45, 7) is 6.22. The molecule has 0 aromatic rings. The van der Waals surface area contributed by atoms with E-state index in [-0.39, 0.29) is 17.8 Å². The van der Waals surface area contributed by atoms with Gasteiger partial charge in [0, 0.05) is 6.04 Å². The topological polar surface area (TPSA) is 87.7 Å². The lowest BCUT2D eigenvalue weighted by molar-refractivity contribution is -0.134. The average molecular weight is 255 g/mol. The van der Waals surface area contributed by atoms with E-state index in [9.17, 15) is 4.79 Å². The maximum atomic E-state index is 12.4. The maximum Gasteiger partial charge on any atom is 0.234 e. The van der Waals surface area contributed by atoms with E-state index in [1.165, 1.54) is 0 Å². The van der Waals surface area contributed by atoms with Crippen molar-refractivity contribution in [2.45, 2.75) is 58.9 Å². The highest BCUT2D eigenvalue weighted by atomic mass is 16.4. The normalized spacial score (nSPS) is 29.5. The predicted molar refractivity (Wildman–Crippen MR) is 71.4 cm³/mol. The zero-order chi connectivity index (χ0) is 13.8. The Balaban J connectivity index is 2.73. The molecule has 0 aromatic carbocycles. The Morgan fingerprint density at radius 2 is 2.17 bits per heavy atom. The van der Waals surface area contributed by atoms with Crippen LogP contribution in [0.2, 0.25) is 0 Å². The second kappa shape index (κ2) is 6.07. The van der Waals surface area contributed by atoms with Crippen LogP contribution >= 0.6 is 0 Å². The number of carbonyl (C=O) groups is 1. The van der Waals surface area contributed by atoms with Gasteiger partial charge in [0.15, 0.2) is 5.84 Å². The summed E-state index contributed by atoms with van der Waals surface area (Å²) in [5.41, 5.74) is 4.92. The summed E-state index contributed by atoms with van der Waals surface area (Å²) in [7, 11) is 0. The van der Waals surface area contributed by atoms with E-state index in [1.54, 1.807) is 0 Å². The molecule has 1 fully saturated rings. The minimum atomic E-state index is -0.782. The molecule has 1 aliphatic rings. The molecule has 4 N–H and O–H groups in total. The number of nitrogens with one attached hydrogen (secondary N) is 1. The Kier molecular flexibility index (Phi) is 4.99. The molecule has 0 bridgehead atoms. The molecule has 0 heterocycles. The molecular formula is C13H25N3O2. The summed E-state index contributed by atoms with van der Waals surface area (Å²) in [5, 5.41) is 14.9. The number of nitrogens with two attached hydrogens (primary N) is 1. The fourth-order valence-corrected chi connectivity index (χ4v) is 2.79. The number of amidine groups is 1. The van der Waals surface area contributed by atoms with Gasteiger partial charge in [-0.3, -0.25) is 4.79 Å². The van der Waals surface area contributed by atoms with Crippen LogP contribution in [0.3, 0.4) is 0 Å². The molecule has 0 spiro atoms. The van der Waals surface area contributed by atoms with Gasteiger partial charge in [0.25, 0.3) is 0 Å². The third-order valence-electron chi connectivity index (χ3n) is 3.89. The molecule has 1 aliphatic carbocycles. The van der Waals surface area contributed by atoms with Crippen molar-refractivity contribution in [1.29, 1.82) is 0 Å². The maximum absolute atomic E-state index is 12.4. The minimum absolute atomic E-state index is 0.0458. The van der Waals surface area contributed by atoms with Crippen LogP contribution in [-0.4, -0.2) is 23.0 Å². The van der Waals surface area contributed by atoms with Crippen LogP contribution in [0.25, 0.3) is 0 Å². The van der Waals surface area contributed by atoms with Gasteiger partial charge in [0.2, 0.25) is 5.91 Å². The Bertz CT molecular complexity index is 322. The first-order valence-electron chi connectivity index (χ1n) is 6.79. The molecule has 0 saturated heterocycles. The van der Waals surface area contributed by atoms with Crippen LogP contribution < -0.4 is 11.1 Å². The summed E-state index contributed by atoms with van der Waals surface area (Å²) in [6.07, 6.45) is 4.23. The summed E-state index contributed by atoms with van der Waals surface area (Å²) in [4.78, 5) is 12.4. The SMILES string of the molecule is CCCC(CC)NC(=O)C1(C(N)=NO)CC(C)C1. The number of oxime groups is 1. The summed E-state index contributed by atoms with van der Waals surface area (Å²) in [6, 6.07) is 0.182. The van der Waals surface area contributed by atoms with E-state index in [2.05, 4.69) is 31.2 Å². The van der Waals surface area contributed by atoms with E-state index < -0.39 is 5.41 Å². The van der Waals surface area contributed by atoms with Crippen molar-refractivity contribution in [2.24, 2.45) is 22.2 Å². The largest absolute Gasteiger partial charge is 0.409 e. The molecule has 5 nitrogen and oxygen atoms in total. The standard InChI is InChI=1S/C13H25N3O2/c1-4-6-10(5-2)15-12(17)13(11(14)16-18)7-9(3)8-13/h9-10,18H,4-8H2,1-3H3,(H2,14,16)(H,15,17). The van der Waals surface area contributed by atoms with Gasteiger partial charge in [-0.25, -0.2) is 0 Å². The fourth-order valence-electron chi connectivity index (χ4n) is 2.79. The van der Waals surface area contributed by atoms with Gasteiger partial charge in [0.1, 0.15) is 5.41 Å². The summed E-state index contributed by atoms with van der Waals surface area (Å²) >= 11 is 0. The molecule has 1 amide bonds. The molecule has 0 radical (unpaired) electrons. The molecular weight excluding hydrogens is 230 g/mol. The van der Waals surface area contributed by atoms with Crippen molar-refractivity contribution in [3.05, 3.63) is 0 Å². The van der Waals surface area contributed by atoms with Gasteiger partial charge in [-0.2, -0.15) is 0 Å². The van der Waals surface area contributed by atoms with Crippen LogP contribution in [0.5, 0.6) is 0 Å². The predicted octanol–water partition coefficient (Wildman–Crippen LogP) is 1.84. The molecule has 1 saturated carbocycles. The number of rotatable bonds is 6. The lowest BCUT2D eigenvalue weighted by Crippen LogP contribution is -2.58. The molecule has 0 aliphatic heterocycles. The van der Waals surface area contributed by atoms with Crippen molar-refractivity contribution in [3.8, 4) is 0 Å². The highest BCUT2D eigenvalue weighted by Gasteiger charge is 2.52. The van der Waals surface area contributed by atoms with Crippen LogP contribution in [0.15, 0.2) is 5.16 Å². The van der Waals surface area contributed by atoms with Crippen LogP contribution in [-0.2, 0) is 4.79 Å². The third kappa shape index (κ3) is 2.76. The molecule has 5 heteroatoms. The van der Waals surface area contributed by atoms with Crippen molar-refractivity contribution in [3.63, 3.8) is 0 Å². The van der Waals surface area contributed by atoms with Crippen LogP contribution in [0.1, 0.15) is 52.9 Å². The van der Waals surface area contributed by atoms with E-state index in [0.717, 1.165) is 19.3 Å². The van der Waals surface area contributed by atoms with Crippen molar-refractivity contribution in [1.82, 2.24) is 5.32 Å². The fraction of sp³-hybridized carbons (Fsp3) is 0.846. The zero-order valence-corrected chi connectivity index (χ0v) is 11.6. The molecule has 104 valence electrons. The van der Waals surface area contributed by atoms with E-state index in [1.807, 2.05) is 0 Å². The van der Waals surface area contributed by atoms with Gasteiger partial charge >= 0.3 is 0 Å². The van der Waals surface area contributed by atoms with Gasteiger partial charge < -0.3 is 16.3 Å². The van der Waals surface area contributed by atoms with Crippen molar-refractivity contribution in [2.75, 3.05) is 0 Å². The number of nitrogens with zero attached hydrogens (tertiary/aromatic N) is 1. The second-order valence-corrected chi connectivity index (χ2v) is 5.45. The Labute approximate surface area is 109 Å². The lowest BCUT2D eigenvalue weighted by atomic mass is 9.61. The molecule has 18 heavy (non-hydrogen) atoms. The highest BCUT2D eigenvalue weighted by molar-refractivity contribution is 6.07. The Morgan fingerprint density at radius 1 is 1.56 bits per heavy atom. The van der Waals surface area contributed by atoms with Gasteiger partial charge in [0.05, 0.1) is 0 Å².